The van der Waals surface area contributed by atoms with Gasteiger partial charge in [-0.15, -0.1) is 11.3 Å². The van der Waals surface area contributed by atoms with Gasteiger partial charge in [-0.25, -0.2) is 4.98 Å². The zero-order valence-electron chi connectivity index (χ0n) is 14.7. The minimum absolute atomic E-state index is 0.0522. The number of nitrogens with one attached hydrogen (secondary N) is 1. The molecule has 0 aliphatic carbocycles. The average Bonchev–Trinajstić information content (AvgIpc) is 3.20. The van der Waals surface area contributed by atoms with Gasteiger partial charge >= 0.3 is 0 Å². The van der Waals surface area contributed by atoms with Gasteiger partial charge in [-0.3, -0.25) is 9.69 Å². The van der Waals surface area contributed by atoms with Crippen molar-refractivity contribution in [2.45, 2.75) is 19.5 Å². The molecule has 0 saturated heterocycles. The van der Waals surface area contributed by atoms with E-state index in [0.717, 1.165) is 28.2 Å². The van der Waals surface area contributed by atoms with Crippen molar-refractivity contribution in [1.82, 2.24) is 14.9 Å². The first-order valence-corrected chi connectivity index (χ1v) is 9.75. The van der Waals surface area contributed by atoms with Crippen molar-refractivity contribution >= 4 is 22.9 Å². The molecule has 0 spiro atoms. The highest BCUT2D eigenvalue weighted by atomic mass is 35.5. The fourth-order valence-electron chi connectivity index (χ4n) is 3.28. The number of aromatic amines is 1. The van der Waals surface area contributed by atoms with E-state index in [9.17, 15) is 9.90 Å². The molecule has 0 bridgehead atoms. The quantitative estimate of drug-likeness (QED) is 0.697. The number of H-pyrrole nitrogens is 1. The Labute approximate surface area is 165 Å². The van der Waals surface area contributed by atoms with Crippen LogP contribution in [0.25, 0.3) is 10.7 Å². The summed E-state index contributed by atoms with van der Waals surface area (Å²) >= 11 is 7.83. The van der Waals surface area contributed by atoms with Crippen LogP contribution >= 0.6 is 22.9 Å². The van der Waals surface area contributed by atoms with E-state index in [1.165, 1.54) is 7.11 Å². The minimum atomic E-state index is -0.0665. The van der Waals surface area contributed by atoms with Gasteiger partial charge in [0.05, 0.1) is 22.7 Å². The van der Waals surface area contributed by atoms with E-state index in [1.807, 2.05) is 23.6 Å². The second kappa shape index (κ2) is 7.34. The second-order valence-corrected chi connectivity index (χ2v) is 7.69. The molecular formula is C19H18ClN3O3S. The van der Waals surface area contributed by atoms with Crippen LogP contribution in [0.4, 0.5) is 0 Å². The molecular weight excluding hydrogens is 386 g/mol. The van der Waals surface area contributed by atoms with E-state index in [4.69, 9.17) is 16.3 Å². The van der Waals surface area contributed by atoms with Gasteiger partial charge in [0.25, 0.3) is 5.56 Å². The van der Waals surface area contributed by atoms with Crippen LogP contribution in [0.5, 0.6) is 11.5 Å². The van der Waals surface area contributed by atoms with Crippen LogP contribution < -0.4 is 10.3 Å². The fraction of sp³-hybridized carbons (Fsp3) is 0.263. The number of phenols is 1. The van der Waals surface area contributed by atoms with Crippen molar-refractivity contribution in [1.29, 1.82) is 0 Å². The number of halogens is 1. The summed E-state index contributed by atoms with van der Waals surface area (Å²) in [5.74, 6) is 0.904. The third-order valence-electron chi connectivity index (χ3n) is 4.68. The number of methoxy groups -OCH3 is 1. The predicted octanol–water partition coefficient (Wildman–Crippen LogP) is 3.42. The van der Waals surface area contributed by atoms with Crippen molar-refractivity contribution in [2.75, 3.05) is 13.7 Å². The third kappa shape index (κ3) is 3.45. The monoisotopic (exact) mass is 403 g/mol. The summed E-state index contributed by atoms with van der Waals surface area (Å²) in [5, 5.41) is 12.4. The fourth-order valence-corrected chi connectivity index (χ4v) is 4.16. The Morgan fingerprint density at radius 2 is 2.26 bits per heavy atom. The first kappa shape index (κ1) is 18.0. The van der Waals surface area contributed by atoms with Crippen LogP contribution in [0, 0.1) is 0 Å². The van der Waals surface area contributed by atoms with E-state index in [0.29, 0.717) is 36.1 Å². The molecule has 0 atom stereocenters. The highest BCUT2D eigenvalue weighted by molar-refractivity contribution is 7.13. The number of aromatic hydroxyl groups is 1. The summed E-state index contributed by atoms with van der Waals surface area (Å²) in [6.07, 6.45) is 0.627. The number of hydrogen-bond donors (Lipinski definition) is 2. The zero-order chi connectivity index (χ0) is 19.0. The molecule has 140 valence electrons. The number of hydrogen-bond acceptors (Lipinski definition) is 6. The van der Waals surface area contributed by atoms with Crippen molar-refractivity contribution in [3.63, 3.8) is 0 Å². The summed E-state index contributed by atoms with van der Waals surface area (Å²) in [7, 11) is 1.49. The van der Waals surface area contributed by atoms with Crippen molar-refractivity contribution < 1.29 is 9.84 Å². The Morgan fingerprint density at radius 3 is 3.00 bits per heavy atom. The topological polar surface area (TPSA) is 78.5 Å². The van der Waals surface area contributed by atoms with Crippen LogP contribution in [0.3, 0.4) is 0 Å². The zero-order valence-corrected chi connectivity index (χ0v) is 16.2. The molecule has 2 aromatic heterocycles. The molecule has 27 heavy (non-hydrogen) atoms. The lowest BCUT2D eigenvalue weighted by Gasteiger charge is -2.28. The van der Waals surface area contributed by atoms with Gasteiger partial charge < -0.3 is 14.8 Å². The van der Waals surface area contributed by atoms with E-state index in [2.05, 4.69) is 14.9 Å². The van der Waals surface area contributed by atoms with Crippen molar-refractivity contribution in [2.24, 2.45) is 0 Å². The minimum Gasteiger partial charge on any atom is -0.503 e. The van der Waals surface area contributed by atoms with Gasteiger partial charge in [-0.1, -0.05) is 23.7 Å². The van der Waals surface area contributed by atoms with E-state index < -0.39 is 0 Å². The van der Waals surface area contributed by atoms with Gasteiger partial charge in [0, 0.05) is 25.2 Å². The number of ether oxygens (including phenoxy) is 1. The molecule has 1 aromatic carbocycles. The smallest absolute Gasteiger partial charge is 0.254 e. The normalized spacial score (nSPS) is 14.1. The lowest BCUT2D eigenvalue weighted by atomic mass is 10.1. The lowest BCUT2D eigenvalue weighted by molar-refractivity contribution is 0.240. The molecule has 3 aromatic rings. The molecule has 0 radical (unpaired) electrons. The van der Waals surface area contributed by atoms with Crippen LogP contribution in [-0.2, 0) is 19.5 Å². The summed E-state index contributed by atoms with van der Waals surface area (Å²) in [6.45, 7) is 1.83. The molecule has 8 heteroatoms. The molecule has 0 fully saturated rings. The van der Waals surface area contributed by atoms with Crippen LogP contribution in [-0.4, -0.2) is 33.6 Å². The highest BCUT2D eigenvalue weighted by Crippen LogP contribution is 2.37. The number of fused-ring (bicyclic) bond motifs is 1. The molecule has 1 aliphatic rings. The maximum atomic E-state index is 12.4. The maximum absolute atomic E-state index is 12.4. The van der Waals surface area contributed by atoms with E-state index in [-0.39, 0.29) is 11.3 Å². The number of thiophene rings is 1. The number of aromatic nitrogens is 2. The van der Waals surface area contributed by atoms with Gasteiger partial charge in [0.15, 0.2) is 17.3 Å². The standard InChI is InChI=1S/C19H18ClN3O3S/c1-26-14-5-4-11(16(20)17(14)24)9-23-7-6-12-13(10-23)21-18(22-19(12)25)15-3-2-8-27-15/h2-5,8,24H,6-7,9-10H2,1H3,(H,21,22,25). The molecule has 3 heterocycles. The SMILES string of the molecule is COc1ccc(CN2CCc3c(nc(-c4cccs4)[nH]c3=O)C2)c(Cl)c1O. The summed E-state index contributed by atoms with van der Waals surface area (Å²) in [5.41, 5.74) is 2.28. The summed E-state index contributed by atoms with van der Waals surface area (Å²) in [6, 6.07) is 7.42. The Balaban J connectivity index is 1.60. The summed E-state index contributed by atoms with van der Waals surface area (Å²) < 4.78 is 5.08. The number of rotatable bonds is 4. The Kier molecular flexibility index (Phi) is 4.90. The Morgan fingerprint density at radius 1 is 1.41 bits per heavy atom. The lowest BCUT2D eigenvalue weighted by Crippen LogP contribution is -2.35. The molecule has 2 N–H and O–H groups in total. The van der Waals surface area contributed by atoms with Gasteiger partial charge in [0.1, 0.15) is 0 Å². The average molecular weight is 404 g/mol. The first-order chi connectivity index (χ1) is 13.1. The van der Waals surface area contributed by atoms with Gasteiger partial charge in [-0.2, -0.15) is 0 Å². The van der Waals surface area contributed by atoms with E-state index in [1.54, 1.807) is 17.4 Å². The van der Waals surface area contributed by atoms with Crippen molar-refractivity contribution in [3.8, 4) is 22.2 Å². The van der Waals surface area contributed by atoms with Crippen LogP contribution in [0.2, 0.25) is 5.02 Å². The van der Waals surface area contributed by atoms with Gasteiger partial charge in [0.2, 0.25) is 0 Å². The summed E-state index contributed by atoms with van der Waals surface area (Å²) in [4.78, 5) is 23.1. The van der Waals surface area contributed by atoms with Crippen LogP contribution in [0.15, 0.2) is 34.4 Å². The molecule has 0 saturated carbocycles. The van der Waals surface area contributed by atoms with E-state index >= 15 is 0 Å². The predicted molar refractivity (Wildman–Crippen MR) is 106 cm³/mol. The molecule has 6 nitrogen and oxygen atoms in total. The Bertz CT molecular complexity index is 1030. The number of phenolic OH excluding ortho intramolecular Hbond substituents is 1. The maximum Gasteiger partial charge on any atom is 0.254 e. The van der Waals surface area contributed by atoms with Crippen LogP contribution in [0.1, 0.15) is 16.8 Å². The molecule has 1 aliphatic heterocycles. The van der Waals surface area contributed by atoms with Gasteiger partial charge in [-0.05, 0) is 29.5 Å². The number of benzene rings is 1. The molecule has 0 amide bonds. The third-order valence-corrected chi connectivity index (χ3v) is 5.98. The highest BCUT2D eigenvalue weighted by Gasteiger charge is 2.23. The first-order valence-electron chi connectivity index (χ1n) is 8.49. The number of nitrogens with zero attached hydrogens (tertiary/aromatic N) is 2. The Hall–Kier alpha value is -2.35. The second-order valence-electron chi connectivity index (χ2n) is 6.37. The molecule has 4 rings (SSSR count). The molecule has 0 unspecified atom stereocenters. The van der Waals surface area contributed by atoms with Crippen molar-refractivity contribution in [3.05, 3.63) is 61.8 Å². The largest absolute Gasteiger partial charge is 0.503 e.